The van der Waals surface area contributed by atoms with Gasteiger partial charge in [0.25, 0.3) is 0 Å². The minimum atomic E-state index is 0.469. The van der Waals surface area contributed by atoms with Gasteiger partial charge >= 0.3 is 0 Å². The van der Waals surface area contributed by atoms with E-state index in [-0.39, 0.29) is 0 Å². The standard InChI is InChI=1S/C10H18N2/c1-7(2)10-6-9(5)11-12(10)8(3)4/h6-8H,1-5H3. The second kappa shape index (κ2) is 3.30. The molecule has 0 saturated carbocycles. The molecule has 68 valence electrons. The summed E-state index contributed by atoms with van der Waals surface area (Å²) in [6.07, 6.45) is 0. The Kier molecular flexibility index (Phi) is 2.55. The van der Waals surface area contributed by atoms with Crippen molar-refractivity contribution >= 4 is 0 Å². The van der Waals surface area contributed by atoms with Gasteiger partial charge < -0.3 is 0 Å². The van der Waals surface area contributed by atoms with E-state index in [0.717, 1.165) is 5.69 Å². The zero-order valence-corrected chi connectivity index (χ0v) is 8.63. The Morgan fingerprint density at radius 1 is 1.25 bits per heavy atom. The molecule has 0 fully saturated rings. The fourth-order valence-electron chi connectivity index (χ4n) is 1.38. The maximum absolute atomic E-state index is 4.45. The molecule has 1 rings (SSSR count). The molecule has 2 heteroatoms. The fourth-order valence-corrected chi connectivity index (χ4v) is 1.38. The Balaban J connectivity index is 3.08. The largest absolute Gasteiger partial charge is 0.267 e. The summed E-state index contributed by atoms with van der Waals surface area (Å²) in [6, 6.07) is 2.64. The van der Waals surface area contributed by atoms with Crippen LogP contribution >= 0.6 is 0 Å². The molecule has 0 N–H and O–H groups in total. The van der Waals surface area contributed by atoms with Gasteiger partial charge in [0.15, 0.2) is 0 Å². The molecule has 1 heterocycles. The zero-order valence-electron chi connectivity index (χ0n) is 8.63. The highest BCUT2D eigenvalue weighted by atomic mass is 15.3. The van der Waals surface area contributed by atoms with Gasteiger partial charge in [-0.3, -0.25) is 4.68 Å². The molecule has 0 spiro atoms. The Morgan fingerprint density at radius 3 is 2.17 bits per heavy atom. The van der Waals surface area contributed by atoms with Crippen LogP contribution in [0.5, 0.6) is 0 Å². The predicted molar refractivity (Wildman–Crippen MR) is 51.4 cm³/mol. The van der Waals surface area contributed by atoms with Gasteiger partial charge in [-0.15, -0.1) is 0 Å². The first-order chi connectivity index (χ1) is 5.52. The second-order valence-electron chi connectivity index (χ2n) is 3.90. The number of hydrogen-bond acceptors (Lipinski definition) is 1. The Morgan fingerprint density at radius 2 is 1.83 bits per heavy atom. The Bertz CT molecular complexity index is 233. The van der Waals surface area contributed by atoms with Crippen molar-refractivity contribution in [1.82, 2.24) is 9.78 Å². The summed E-state index contributed by atoms with van der Waals surface area (Å²) in [5, 5.41) is 4.45. The van der Waals surface area contributed by atoms with Crippen LogP contribution in [-0.4, -0.2) is 9.78 Å². The highest BCUT2D eigenvalue weighted by Crippen LogP contribution is 2.18. The first kappa shape index (κ1) is 9.30. The van der Waals surface area contributed by atoms with Crippen LogP contribution in [-0.2, 0) is 0 Å². The van der Waals surface area contributed by atoms with Crippen molar-refractivity contribution in [3.63, 3.8) is 0 Å². The Labute approximate surface area is 74.6 Å². The third-order valence-corrected chi connectivity index (χ3v) is 1.97. The predicted octanol–water partition coefficient (Wildman–Crippen LogP) is 2.90. The van der Waals surface area contributed by atoms with E-state index in [0.29, 0.717) is 12.0 Å². The van der Waals surface area contributed by atoms with Gasteiger partial charge in [-0.25, -0.2) is 0 Å². The summed E-state index contributed by atoms with van der Waals surface area (Å²) in [5.41, 5.74) is 2.45. The van der Waals surface area contributed by atoms with Crippen LogP contribution in [0.2, 0.25) is 0 Å². The summed E-state index contributed by atoms with van der Waals surface area (Å²) in [7, 11) is 0. The maximum Gasteiger partial charge on any atom is 0.0596 e. The molecular weight excluding hydrogens is 148 g/mol. The molecule has 0 aliphatic heterocycles. The number of hydrogen-bond donors (Lipinski definition) is 0. The third-order valence-electron chi connectivity index (χ3n) is 1.97. The average Bonchev–Trinajstić information content (AvgIpc) is 2.31. The number of aromatic nitrogens is 2. The molecule has 0 amide bonds. The van der Waals surface area contributed by atoms with Gasteiger partial charge in [-0.05, 0) is 32.8 Å². The van der Waals surface area contributed by atoms with Crippen LogP contribution in [0.25, 0.3) is 0 Å². The van der Waals surface area contributed by atoms with E-state index in [9.17, 15) is 0 Å². The molecule has 0 unspecified atom stereocenters. The lowest BCUT2D eigenvalue weighted by Gasteiger charge is -2.12. The van der Waals surface area contributed by atoms with Crippen LogP contribution in [0, 0.1) is 6.92 Å². The lowest BCUT2D eigenvalue weighted by molar-refractivity contribution is 0.495. The van der Waals surface area contributed by atoms with Crippen molar-refractivity contribution in [3.8, 4) is 0 Å². The number of rotatable bonds is 2. The van der Waals surface area contributed by atoms with E-state index in [4.69, 9.17) is 0 Å². The average molecular weight is 166 g/mol. The number of nitrogens with zero attached hydrogens (tertiary/aromatic N) is 2. The van der Waals surface area contributed by atoms with Gasteiger partial charge in [-0.1, -0.05) is 13.8 Å². The van der Waals surface area contributed by atoms with Crippen LogP contribution in [0.4, 0.5) is 0 Å². The molecular formula is C10H18N2. The molecule has 0 aliphatic carbocycles. The van der Waals surface area contributed by atoms with Crippen molar-refractivity contribution in [3.05, 3.63) is 17.5 Å². The molecule has 0 saturated heterocycles. The van der Waals surface area contributed by atoms with Crippen molar-refractivity contribution in [2.75, 3.05) is 0 Å². The molecule has 2 nitrogen and oxygen atoms in total. The van der Waals surface area contributed by atoms with E-state index >= 15 is 0 Å². The van der Waals surface area contributed by atoms with Crippen molar-refractivity contribution < 1.29 is 0 Å². The topological polar surface area (TPSA) is 17.8 Å². The number of aryl methyl sites for hydroxylation is 1. The fraction of sp³-hybridized carbons (Fsp3) is 0.700. The lowest BCUT2D eigenvalue weighted by atomic mass is 10.1. The van der Waals surface area contributed by atoms with Crippen molar-refractivity contribution in [2.45, 2.75) is 46.6 Å². The lowest BCUT2D eigenvalue weighted by Crippen LogP contribution is -2.08. The minimum absolute atomic E-state index is 0.469. The van der Waals surface area contributed by atoms with Crippen LogP contribution < -0.4 is 0 Å². The molecule has 0 radical (unpaired) electrons. The van der Waals surface area contributed by atoms with Crippen molar-refractivity contribution in [1.29, 1.82) is 0 Å². The van der Waals surface area contributed by atoms with E-state index < -0.39 is 0 Å². The highest BCUT2D eigenvalue weighted by molar-refractivity contribution is 5.13. The monoisotopic (exact) mass is 166 g/mol. The molecule has 12 heavy (non-hydrogen) atoms. The molecule has 0 aromatic carbocycles. The zero-order chi connectivity index (χ0) is 9.30. The summed E-state index contributed by atoms with van der Waals surface area (Å²) in [4.78, 5) is 0. The van der Waals surface area contributed by atoms with E-state index in [1.165, 1.54) is 5.69 Å². The summed E-state index contributed by atoms with van der Waals surface area (Å²) < 4.78 is 2.11. The molecule has 1 aromatic heterocycles. The highest BCUT2D eigenvalue weighted by Gasteiger charge is 2.10. The van der Waals surface area contributed by atoms with Gasteiger partial charge in [-0.2, -0.15) is 5.10 Å². The molecule has 0 bridgehead atoms. The normalized spacial score (nSPS) is 11.6. The van der Waals surface area contributed by atoms with Gasteiger partial charge in [0.1, 0.15) is 0 Å². The molecule has 0 aliphatic rings. The van der Waals surface area contributed by atoms with E-state index in [1.807, 2.05) is 6.92 Å². The van der Waals surface area contributed by atoms with Crippen LogP contribution in [0.15, 0.2) is 6.07 Å². The van der Waals surface area contributed by atoms with Crippen molar-refractivity contribution in [2.24, 2.45) is 0 Å². The van der Waals surface area contributed by atoms with E-state index in [2.05, 4.69) is 43.5 Å². The smallest absolute Gasteiger partial charge is 0.0596 e. The van der Waals surface area contributed by atoms with Gasteiger partial charge in [0, 0.05) is 11.7 Å². The molecule has 0 atom stereocenters. The van der Waals surface area contributed by atoms with Crippen LogP contribution in [0.3, 0.4) is 0 Å². The summed E-state index contributed by atoms with van der Waals surface area (Å²) in [5.74, 6) is 0.564. The van der Waals surface area contributed by atoms with E-state index in [1.54, 1.807) is 0 Å². The molecule has 1 aromatic rings. The van der Waals surface area contributed by atoms with Crippen LogP contribution in [0.1, 0.15) is 51.0 Å². The first-order valence-electron chi connectivity index (χ1n) is 4.58. The SMILES string of the molecule is Cc1cc(C(C)C)n(C(C)C)n1. The Hall–Kier alpha value is -0.790. The quantitative estimate of drug-likeness (QED) is 0.660. The minimum Gasteiger partial charge on any atom is -0.267 e. The first-order valence-corrected chi connectivity index (χ1v) is 4.58. The summed E-state index contributed by atoms with van der Waals surface area (Å²) >= 11 is 0. The maximum atomic E-state index is 4.45. The third kappa shape index (κ3) is 1.68. The van der Waals surface area contributed by atoms with Gasteiger partial charge in [0.2, 0.25) is 0 Å². The summed E-state index contributed by atoms with van der Waals surface area (Å²) in [6.45, 7) is 10.8. The van der Waals surface area contributed by atoms with Gasteiger partial charge in [0.05, 0.1) is 5.69 Å². The second-order valence-corrected chi connectivity index (χ2v) is 3.90.